The van der Waals surface area contributed by atoms with E-state index in [-0.39, 0.29) is 35.5 Å². The predicted octanol–water partition coefficient (Wildman–Crippen LogP) is 2.85. The average molecular weight is 514 g/mol. The Balaban J connectivity index is 1.31. The van der Waals surface area contributed by atoms with Crippen LogP contribution in [0.4, 0.5) is 0 Å². The summed E-state index contributed by atoms with van der Waals surface area (Å²) in [4.78, 5) is 35.5. The van der Waals surface area contributed by atoms with Gasteiger partial charge in [-0.1, -0.05) is 6.07 Å². The van der Waals surface area contributed by atoms with Crippen molar-refractivity contribution in [1.29, 1.82) is 0 Å². The van der Waals surface area contributed by atoms with E-state index in [1.54, 1.807) is 6.20 Å². The summed E-state index contributed by atoms with van der Waals surface area (Å²) in [5.41, 5.74) is 10.3. The molecule has 1 saturated carbocycles. The Hall–Kier alpha value is -4.09. The minimum atomic E-state index is -0.975. The van der Waals surface area contributed by atoms with Gasteiger partial charge in [-0.25, -0.2) is 9.97 Å². The van der Waals surface area contributed by atoms with Crippen molar-refractivity contribution in [2.45, 2.75) is 50.7 Å². The Morgan fingerprint density at radius 2 is 2.08 bits per heavy atom. The lowest BCUT2D eigenvalue weighted by molar-refractivity contribution is -0.130. The lowest BCUT2D eigenvalue weighted by Crippen LogP contribution is -2.56. The second kappa shape index (κ2) is 8.47. The number of aromatic nitrogens is 5. The second-order valence-corrected chi connectivity index (χ2v) is 10.3. The molecule has 11 nitrogen and oxygen atoms in total. The molecule has 38 heavy (non-hydrogen) atoms. The number of carbonyl (C=O) groups excluding carboxylic acids is 1. The molecule has 1 saturated heterocycles. The van der Waals surface area contributed by atoms with Crippen LogP contribution in [0.15, 0.2) is 39.8 Å². The van der Waals surface area contributed by atoms with Crippen molar-refractivity contribution in [2.75, 3.05) is 13.2 Å². The number of hydrogen-bond acceptors (Lipinski definition) is 8. The van der Waals surface area contributed by atoms with Crippen LogP contribution in [0.1, 0.15) is 43.2 Å². The van der Waals surface area contributed by atoms with Crippen LogP contribution in [-0.2, 0) is 16.1 Å². The highest BCUT2D eigenvalue weighted by Gasteiger charge is 2.36. The van der Waals surface area contributed by atoms with E-state index in [1.807, 2.05) is 35.9 Å². The van der Waals surface area contributed by atoms with Crippen molar-refractivity contribution in [3.05, 3.63) is 52.4 Å². The van der Waals surface area contributed by atoms with Crippen LogP contribution in [0.2, 0.25) is 0 Å². The molecule has 11 heteroatoms. The predicted molar refractivity (Wildman–Crippen MR) is 140 cm³/mol. The van der Waals surface area contributed by atoms with Crippen molar-refractivity contribution < 1.29 is 13.9 Å². The Morgan fingerprint density at radius 3 is 2.87 bits per heavy atom. The molecule has 0 radical (unpaired) electrons. The molecule has 1 amide bonds. The number of nitrogens with one attached hydrogen (secondary N) is 2. The third-order valence-electron chi connectivity index (χ3n) is 7.76. The smallest absolute Gasteiger partial charge is 0.281 e. The minimum absolute atomic E-state index is 0.0468. The number of carbonyl (C=O) groups is 1. The summed E-state index contributed by atoms with van der Waals surface area (Å²) in [5.74, 6) is -0.000659. The fraction of sp³-hybridized carbons (Fsp3) is 0.370. The standard InChI is InChI=1S/C27H27N7O4/c1-14-18(15-10-16-12-31-33-24(16)29-11-15)4-5-19-22(14)34(17-2-3-17)25(35)21-23(19)38-20(32-21)13-30-26(36)27(28)6-8-37-9-7-27/h4-5,10-12,17H,2-3,6-9,13,28H2,1H3,(H,30,36)(H,29,31,33). The van der Waals surface area contributed by atoms with Crippen LogP contribution in [0.3, 0.4) is 0 Å². The quantitative estimate of drug-likeness (QED) is 0.324. The van der Waals surface area contributed by atoms with Crippen molar-refractivity contribution in [3.8, 4) is 11.1 Å². The van der Waals surface area contributed by atoms with Gasteiger partial charge in [0.05, 0.1) is 23.8 Å². The highest BCUT2D eigenvalue weighted by atomic mass is 16.5. The number of pyridine rings is 2. The SMILES string of the molecule is Cc1c(-c2cnc3[nH]ncc3c2)ccc2c3oc(CNC(=O)C4(N)CCOCC4)nc3c(=O)n(C3CC3)c12. The number of aromatic amines is 1. The molecule has 1 aromatic carbocycles. The van der Waals surface area contributed by atoms with Crippen molar-refractivity contribution in [1.82, 2.24) is 30.0 Å². The number of aryl methyl sites for hydroxylation is 1. The maximum atomic E-state index is 13.7. The molecule has 2 fully saturated rings. The molecule has 4 aromatic heterocycles. The second-order valence-electron chi connectivity index (χ2n) is 10.3. The van der Waals surface area contributed by atoms with Crippen LogP contribution in [-0.4, -0.2) is 49.4 Å². The van der Waals surface area contributed by atoms with E-state index in [0.717, 1.165) is 51.5 Å². The number of hydrogen-bond donors (Lipinski definition) is 3. The molecule has 194 valence electrons. The number of fused-ring (bicyclic) bond motifs is 4. The van der Waals surface area contributed by atoms with Gasteiger partial charge in [-0.2, -0.15) is 5.10 Å². The lowest BCUT2D eigenvalue weighted by Gasteiger charge is -2.31. The summed E-state index contributed by atoms with van der Waals surface area (Å²) in [7, 11) is 0. The number of H-pyrrole nitrogens is 1. The zero-order chi connectivity index (χ0) is 26.0. The number of oxazole rings is 1. The van der Waals surface area contributed by atoms with Gasteiger partial charge < -0.3 is 24.8 Å². The molecule has 2 aliphatic rings. The fourth-order valence-corrected chi connectivity index (χ4v) is 5.45. The van der Waals surface area contributed by atoms with Crippen LogP contribution in [0.5, 0.6) is 0 Å². The minimum Gasteiger partial charge on any atom is -0.438 e. The third kappa shape index (κ3) is 3.61. The summed E-state index contributed by atoms with van der Waals surface area (Å²) in [6, 6.07) is 6.16. The van der Waals surface area contributed by atoms with Gasteiger partial charge in [-0.3, -0.25) is 14.7 Å². The molecule has 0 atom stereocenters. The van der Waals surface area contributed by atoms with Gasteiger partial charge in [0.2, 0.25) is 11.8 Å². The van der Waals surface area contributed by atoms with Crippen LogP contribution in [0, 0.1) is 6.92 Å². The summed E-state index contributed by atoms with van der Waals surface area (Å²) in [6.07, 6.45) is 6.34. The molecule has 1 aliphatic heterocycles. The first kappa shape index (κ1) is 23.1. The van der Waals surface area contributed by atoms with E-state index in [9.17, 15) is 9.59 Å². The monoisotopic (exact) mass is 513 g/mol. The number of rotatable bonds is 5. The average Bonchev–Trinajstić information content (AvgIpc) is 3.48. The third-order valence-corrected chi connectivity index (χ3v) is 7.76. The van der Waals surface area contributed by atoms with E-state index in [1.165, 1.54) is 0 Å². The Bertz CT molecular complexity index is 1790. The van der Waals surface area contributed by atoms with Crippen LogP contribution < -0.4 is 16.6 Å². The molecular weight excluding hydrogens is 486 g/mol. The fourth-order valence-electron chi connectivity index (χ4n) is 5.45. The molecule has 1 aliphatic carbocycles. The molecule has 4 N–H and O–H groups in total. The zero-order valence-electron chi connectivity index (χ0n) is 20.9. The Morgan fingerprint density at radius 1 is 1.26 bits per heavy atom. The van der Waals surface area contributed by atoms with Gasteiger partial charge in [0.15, 0.2) is 16.7 Å². The van der Waals surface area contributed by atoms with E-state index >= 15 is 0 Å². The molecule has 0 bridgehead atoms. The largest absolute Gasteiger partial charge is 0.438 e. The summed E-state index contributed by atoms with van der Waals surface area (Å²) < 4.78 is 13.3. The molecule has 7 rings (SSSR count). The van der Waals surface area contributed by atoms with Crippen molar-refractivity contribution >= 4 is 38.9 Å². The summed E-state index contributed by atoms with van der Waals surface area (Å²) in [6.45, 7) is 2.97. The highest BCUT2D eigenvalue weighted by molar-refractivity contribution is 6.04. The zero-order valence-corrected chi connectivity index (χ0v) is 20.9. The Labute approximate surface area is 216 Å². The molecule has 5 heterocycles. The van der Waals surface area contributed by atoms with Crippen LogP contribution >= 0.6 is 0 Å². The number of nitrogens with two attached hydrogens (primary N) is 1. The normalized spacial score (nSPS) is 17.4. The number of nitrogens with zero attached hydrogens (tertiary/aromatic N) is 4. The van der Waals surface area contributed by atoms with Crippen LogP contribution in [0.25, 0.3) is 44.2 Å². The summed E-state index contributed by atoms with van der Waals surface area (Å²) in [5, 5.41) is 11.5. The number of amides is 1. The van der Waals surface area contributed by atoms with Gasteiger partial charge in [-0.05, 0) is 55.9 Å². The first-order valence-electron chi connectivity index (χ1n) is 12.8. The molecule has 5 aromatic rings. The van der Waals surface area contributed by atoms with Crippen molar-refractivity contribution in [2.24, 2.45) is 5.73 Å². The maximum Gasteiger partial charge on any atom is 0.281 e. The van der Waals surface area contributed by atoms with Gasteiger partial charge in [0, 0.05) is 41.8 Å². The van der Waals surface area contributed by atoms with Gasteiger partial charge in [0.1, 0.15) is 0 Å². The van der Waals surface area contributed by atoms with Gasteiger partial charge in [0.25, 0.3) is 5.56 Å². The van der Waals surface area contributed by atoms with Crippen molar-refractivity contribution in [3.63, 3.8) is 0 Å². The topological polar surface area (TPSA) is 154 Å². The summed E-state index contributed by atoms with van der Waals surface area (Å²) >= 11 is 0. The maximum absolute atomic E-state index is 13.7. The van der Waals surface area contributed by atoms with Gasteiger partial charge >= 0.3 is 0 Å². The number of ether oxygens (including phenoxy) is 1. The Kier molecular flexibility index (Phi) is 5.14. The molecule has 0 spiro atoms. The highest BCUT2D eigenvalue weighted by Crippen LogP contribution is 2.40. The first-order chi connectivity index (χ1) is 18.4. The lowest BCUT2D eigenvalue weighted by atomic mass is 9.90. The number of benzene rings is 1. The molecule has 0 unspecified atom stereocenters. The molecular formula is C27H27N7O4. The van der Waals surface area contributed by atoms with E-state index in [4.69, 9.17) is 14.9 Å². The van der Waals surface area contributed by atoms with Gasteiger partial charge in [-0.15, -0.1) is 0 Å². The van der Waals surface area contributed by atoms with E-state index in [2.05, 4.69) is 25.5 Å². The van der Waals surface area contributed by atoms with E-state index in [0.29, 0.717) is 31.6 Å². The first-order valence-corrected chi connectivity index (χ1v) is 12.8. The van der Waals surface area contributed by atoms with E-state index < -0.39 is 5.54 Å².